The molecule has 0 aliphatic rings. The highest BCUT2D eigenvalue weighted by molar-refractivity contribution is 5.74. The highest BCUT2D eigenvalue weighted by Crippen LogP contribution is 2.18. The summed E-state index contributed by atoms with van der Waals surface area (Å²) < 4.78 is 4.72. The zero-order valence-corrected chi connectivity index (χ0v) is 9.12. The van der Waals surface area contributed by atoms with Gasteiger partial charge in [-0.1, -0.05) is 18.2 Å². The third kappa shape index (κ3) is 3.57. The van der Waals surface area contributed by atoms with Gasteiger partial charge in [0.15, 0.2) is 6.10 Å². The maximum atomic E-state index is 11.4. The first-order chi connectivity index (χ1) is 8.04. The van der Waals surface area contributed by atoms with Gasteiger partial charge in [0, 0.05) is 11.6 Å². The van der Waals surface area contributed by atoms with Gasteiger partial charge in [-0.15, -0.1) is 0 Å². The number of carbonyl (C=O) groups excluding carboxylic acids is 1. The molecule has 0 aliphatic heterocycles. The van der Waals surface area contributed by atoms with Crippen molar-refractivity contribution in [2.75, 3.05) is 0 Å². The van der Waals surface area contributed by atoms with Crippen LogP contribution in [0.5, 0.6) is 0 Å². The van der Waals surface area contributed by atoms with E-state index >= 15 is 0 Å². The molecular weight excluding hydrogens is 224 g/mol. The largest absolute Gasteiger partial charge is 0.447 e. The molecule has 1 aromatic rings. The van der Waals surface area contributed by atoms with Crippen molar-refractivity contribution in [3.05, 3.63) is 39.9 Å². The van der Waals surface area contributed by atoms with E-state index in [1.54, 1.807) is 12.1 Å². The summed E-state index contributed by atoms with van der Waals surface area (Å²) in [5.41, 5.74) is 0.140. The van der Waals surface area contributed by atoms with Gasteiger partial charge in [0.25, 0.3) is 5.69 Å². The Morgan fingerprint density at radius 1 is 1.59 bits per heavy atom. The molecule has 1 rings (SSSR count). The summed E-state index contributed by atoms with van der Waals surface area (Å²) in [6.07, 6.45) is -1.08. The monoisotopic (exact) mass is 234 g/mol. The molecule has 0 aliphatic carbocycles. The third-order valence-electron chi connectivity index (χ3n) is 2.01. The van der Waals surface area contributed by atoms with E-state index in [9.17, 15) is 14.9 Å². The van der Waals surface area contributed by atoms with Gasteiger partial charge in [-0.05, 0) is 6.92 Å². The predicted molar refractivity (Wildman–Crippen MR) is 58.0 cm³/mol. The van der Waals surface area contributed by atoms with Crippen LogP contribution in [0.3, 0.4) is 0 Å². The number of rotatable bonds is 4. The highest BCUT2D eigenvalue weighted by atomic mass is 16.6. The number of ether oxygens (including phenoxy) is 1. The average molecular weight is 234 g/mol. The molecule has 0 heterocycles. The van der Waals surface area contributed by atoms with E-state index in [1.165, 1.54) is 25.1 Å². The molecule has 0 saturated heterocycles. The molecule has 6 heteroatoms. The molecule has 6 nitrogen and oxygen atoms in total. The molecule has 0 unspecified atom stereocenters. The number of hydrogen-bond donors (Lipinski definition) is 0. The lowest BCUT2D eigenvalue weighted by molar-refractivity contribution is -0.385. The molecule has 0 bridgehead atoms. The minimum Gasteiger partial charge on any atom is -0.447 e. The summed E-state index contributed by atoms with van der Waals surface area (Å²) in [4.78, 5) is 21.5. The van der Waals surface area contributed by atoms with E-state index in [4.69, 9.17) is 10.00 Å². The smallest absolute Gasteiger partial charge is 0.311 e. The van der Waals surface area contributed by atoms with Crippen LogP contribution in [0.2, 0.25) is 0 Å². The maximum absolute atomic E-state index is 11.4. The summed E-state index contributed by atoms with van der Waals surface area (Å²) in [6.45, 7) is 1.43. The minimum atomic E-state index is -0.856. The lowest BCUT2D eigenvalue weighted by Crippen LogP contribution is -2.15. The van der Waals surface area contributed by atoms with Gasteiger partial charge >= 0.3 is 5.97 Å². The normalized spacial score (nSPS) is 11.3. The van der Waals surface area contributed by atoms with Crippen molar-refractivity contribution in [3.63, 3.8) is 0 Å². The van der Waals surface area contributed by atoms with Crippen molar-refractivity contribution in [1.82, 2.24) is 0 Å². The molecular formula is C11H10N2O4. The van der Waals surface area contributed by atoms with Crippen molar-refractivity contribution >= 4 is 11.7 Å². The molecule has 0 aromatic heterocycles. The lowest BCUT2D eigenvalue weighted by Gasteiger charge is -2.06. The Balaban J connectivity index is 2.79. The van der Waals surface area contributed by atoms with Gasteiger partial charge in [-0.3, -0.25) is 14.9 Å². The minimum absolute atomic E-state index is 0.130. The second-order valence-corrected chi connectivity index (χ2v) is 3.32. The van der Waals surface area contributed by atoms with E-state index in [1.807, 2.05) is 0 Å². The molecule has 88 valence electrons. The van der Waals surface area contributed by atoms with Crippen LogP contribution in [0, 0.1) is 21.4 Å². The Morgan fingerprint density at radius 3 is 2.82 bits per heavy atom. The van der Waals surface area contributed by atoms with Crippen LogP contribution in [0.25, 0.3) is 0 Å². The van der Waals surface area contributed by atoms with Crippen molar-refractivity contribution in [1.29, 1.82) is 5.26 Å². The molecule has 17 heavy (non-hydrogen) atoms. The topological polar surface area (TPSA) is 93.2 Å². The highest BCUT2D eigenvalue weighted by Gasteiger charge is 2.17. The number of esters is 1. The second-order valence-electron chi connectivity index (χ2n) is 3.32. The van der Waals surface area contributed by atoms with Crippen LogP contribution in [-0.4, -0.2) is 17.0 Å². The molecule has 0 saturated carbocycles. The summed E-state index contributed by atoms with van der Waals surface area (Å²) in [5, 5.41) is 19.1. The summed E-state index contributed by atoms with van der Waals surface area (Å²) in [6, 6.07) is 7.66. The molecule has 0 fully saturated rings. The second kappa shape index (κ2) is 5.61. The van der Waals surface area contributed by atoms with E-state index in [-0.39, 0.29) is 17.7 Å². The van der Waals surface area contributed by atoms with Crippen LogP contribution in [0.4, 0.5) is 5.69 Å². The number of nitro groups is 1. The predicted octanol–water partition coefficient (Wildman–Crippen LogP) is 1.59. The van der Waals surface area contributed by atoms with Gasteiger partial charge in [0.2, 0.25) is 0 Å². The maximum Gasteiger partial charge on any atom is 0.311 e. The molecule has 0 radical (unpaired) electrons. The van der Waals surface area contributed by atoms with Crippen molar-refractivity contribution in [2.24, 2.45) is 0 Å². The molecule has 0 spiro atoms. The first-order valence-corrected chi connectivity index (χ1v) is 4.86. The quantitative estimate of drug-likeness (QED) is 0.448. The van der Waals surface area contributed by atoms with Crippen molar-refractivity contribution in [2.45, 2.75) is 19.4 Å². The fourth-order valence-electron chi connectivity index (χ4n) is 1.26. The summed E-state index contributed by atoms with van der Waals surface area (Å²) in [7, 11) is 0. The van der Waals surface area contributed by atoms with Gasteiger partial charge in [0.1, 0.15) is 6.07 Å². The van der Waals surface area contributed by atoms with E-state index in [2.05, 4.69) is 0 Å². The summed E-state index contributed by atoms with van der Waals surface area (Å²) in [5.74, 6) is -0.659. The number of hydrogen-bond acceptors (Lipinski definition) is 5. The van der Waals surface area contributed by atoms with E-state index < -0.39 is 17.0 Å². The van der Waals surface area contributed by atoms with Crippen molar-refractivity contribution < 1.29 is 14.5 Å². The average Bonchev–Trinajstić information content (AvgIpc) is 2.29. The van der Waals surface area contributed by atoms with Gasteiger partial charge < -0.3 is 4.74 Å². The SMILES string of the molecule is C[C@@H](C#N)OC(=O)Cc1ccccc1[N+](=O)[O-]. The molecule has 1 aromatic carbocycles. The Hall–Kier alpha value is -2.42. The zero-order chi connectivity index (χ0) is 12.8. The van der Waals surface area contributed by atoms with Crippen LogP contribution < -0.4 is 0 Å². The van der Waals surface area contributed by atoms with Gasteiger partial charge in [-0.2, -0.15) is 5.26 Å². The number of nitro benzene ring substituents is 1. The Labute approximate surface area is 97.6 Å². The molecule has 0 N–H and O–H groups in total. The molecule has 1 atom stereocenters. The number of para-hydroxylation sites is 1. The standard InChI is InChI=1S/C11H10N2O4/c1-8(7-12)17-11(14)6-9-4-2-3-5-10(9)13(15)16/h2-5,8H,6H2,1H3/t8-/m0/s1. The number of nitriles is 1. The fraction of sp³-hybridized carbons (Fsp3) is 0.273. The van der Waals surface area contributed by atoms with Crippen LogP contribution >= 0.6 is 0 Å². The van der Waals surface area contributed by atoms with E-state index in [0.717, 1.165) is 0 Å². The van der Waals surface area contributed by atoms with E-state index in [0.29, 0.717) is 0 Å². The van der Waals surface area contributed by atoms with Gasteiger partial charge in [0.05, 0.1) is 11.3 Å². The fourth-order valence-corrected chi connectivity index (χ4v) is 1.26. The zero-order valence-electron chi connectivity index (χ0n) is 9.12. The third-order valence-corrected chi connectivity index (χ3v) is 2.01. The number of benzene rings is 1. The van der Waals surface area contributed by atoms with Crippen LogP contribution in [0.15, 0.2) is 24.3 Å². The Kier molecular flexibility index (Phi) is 4.17. The molecule has 0 amide bonds. The number of carbonyl (C=O) groups is 1. The van der Waals surface area contributed by atoms with Gasteiger partial charge in [-0.25, -0.2) is 0 Å². The lowest BCUT2D eigenvalue weighted by atomic mass is 10.1. The Bertz CT molecular complexity index is 479. The van der Waals surface area contributed by atoms with Crippen molar-refractivity contribution in [3.8, 4) is 6.07 Å². The van der Waals surface area contributed by atoms with Crippen LogP contribution in [-0.2, 0) is 16.0 Å². The first-order valence-electron chi connectivity index (χ1n) is 4.86. The Morgan fingerprint density at radius 2 is 2.24 bits per heavy atom. The number of nitrogens with zero attached hydrogens (tertiary/aromatic N) is 2. The van der Waals surface area contributed by atoms with Crippen LogP contribution in [0.1, 0.15) is 12.5 Å². The first kappa shape index (κ1) is 12.6. The summed E-state index contributed by atoms with van der Waals surface area (Å²) >= 11 is 0.